The van der Waals surface area contributed by atoms with Gasteiger partial charge in [-0.15, -0.1) is 12.6 Å². The van der Waals surface area contributed by atoms with Crippen LogP contribution in [-0.2, 0) is 0 Å². The molecule has 0 heterocycles. The molecule has 1 aromatic rings. The molecule has 0 fully saturated rings. The second-order valence-corrected chi connectivity index (χ2v) is 2.60. The van der Waals surface area contributed by atoms with E-state index in [0.29, 0.717) is 5.56 Å². The van der Waals surface area contributed by atoms with Crippen LogP contribution in [0.3, 0.4) is 0 Å². The second kappa shape index (κ2) is 5.44. The molecule has 3 nitrogen and oxygen atoms in total. The number of rotatable bonds is 2. The maximum atomic E-state index is 10.7. The molecule has 1 radical (unpaired) electrons. The molecule has 0 spiro atoms. The van der Waals surface area contributed by atoms with Crippen LogP contribution in [0.2, 0.25) is 0 Å². The molecule has 1 aromatic carbocycles. The van der Waals surface area contributed by atoms with Crippen LogP contribution in [-0.4, -0.2) is 45.7 Å². The molecule has 0 saturated carbocycles. The first-order valence-electron chi connectivity index (χ1n) is 3.18. The summed E-state index contributed by atoms with van der Waals surface area (Å²) in [6.07, 6.45) is 0. The van der Waals surface area contributed by atoms with Crippen LogP contribution in [0.25, 0.3) is 0 Å². The van der Waals surface area contributed by atoms with Crippen LogP contribution >= 0.6 is 12.6 Å². The molecular formula is C8H6NaO3S. The maximum absolute atomic E-state index is 10.7. The number of carboxylic acids is 1. The first-order valence-corrected chi connectivity index (χ1v) is 3.62. The van der Waals surface area contributed by atoms with Gasteiger partial charge in [0.25, 0.3) is 0 Å². The molecular weight excluding hydrogens is 199 g/mol. The van der Waals surface area contributed by atoms with Crippen LogP contribution in [0.1, 0.15) is 20.7 Å². The van der Waals surface area contributed by atoms with Gasteiger partial charge in [-0.05, 0) is 12.1 Å². The van der Waals surface area contributed by atoms with E-state index < -0.39 is 11.1 Å². The van der Waals surface area contributed by atoms with E-state index in [1.807, 2.05) is 0 Å². The van der Waals surface area contributed by atoms with Gasteiger partial charge in [0, 0.05) is 35.1 Å². The van der Waals surface area contributed by atoms with E-state index in [2.05, 4.69) is 12.6 Å². The van der Waals surface area contributed by atoms with Gasteiger partial charge in [0.2, 0.25) is 5.12 Å². The summed E-state index contributed by atoms with van der Waals surface area (Å²) < 4.78 is 0. The van der Waals surface area contributed by atoms with Crippen LogP contribution in [0.4, 0.5) is 0 Å². The maximum Gasteiger partial charge on any atom is 0.335 e. The SMILES string of the molecule is O=C(O)c1cccc(C(=O)S)c1.[Na]. The van der Waals surface area contributed by atoms with E-state index in [1.54, 1.807) is 0 Å². The Morgan fingerprint density at radius 3 is 2.23 bits per heavy atom. The van der Waals surface area contributed by atoms with Gasteiger partial charge in [-0.2, -0.15) is 0 Å². The van der Waals surface area contributed by atoms with Gasteiger partial charge in [-0.1, -0.05) is 12.1 Å². The number of carbonyl (C=O) groups is 2. The van der Waals surface area contributed by atoms with Gasteiger partial charge in [-0.25, -0.2) is 4.79 Å². The zero-order valence-corrected chi connectivity index (χ0v) is 9.91. The van der Waals surface area contributed by atoms with Crippen LogP contribution in [0, 0.1) is 0 Å². The molecule has 1 rings (SSSR count). The van der Waals surface area contributed by atoms with Gasteiger partial charge < -0.3 is 5.11 Å². The number of benzene rings is 1. The van der Waals surface area contributed by atoms with Crippen LogP contribution in [0.5, 0.6) is 0 Å². The van der Waals surface area contributed by atoms with E-state index in [4.69, 9.17) is 5.11 Å². The predicted molar refractivity (Wildman–Crippen MR) is 52.5 cm³/mol. The molecule has 5 heteroatoms. The van der Waals surface area contributed by atoms with Crippen LogP contribution in [0.15, 0.2) is 24.3 Å². The summed E-state index contributed by atoms with van der Waals surface area (Å²) in [7, 11) is 0. The number of aromatic carboxylic acids is 1. The molecule has 0 saturated heterocycles. The number of hydrogen-bond acceptors (Lipinski definition) is 2. The molecule has 0 bridgehead atoms. The van der Waals surface area contributed by atoms with Crippen molar-refractivity contribution in [3.8, 4) is 0 Å². The fourth-order valence-electron chi connectivity index (χ4n) is 0.785. The number of hydrogen-bond donors (Lipinski definition) is 2. The molecule has 0 aromatic heterocycles. The van der Waals surface area contributed by atoms with Gasteiger partial charge in [0.1, 0.15) is 0 Å². The predicted octanol–water partition coefficient (Wildman–Crippen LogP) is 1.07. The summed E-state index contributed by atoms with van der Waals surface area (Å²) in [5.41, 5.74) is 0.383. The van der Waals surface area contributed by atoms with Crippen molar-refractivity contribution >= 4 is 53.3 Å². The van der Waals surface area contributed by atoms with Gasteiger partial charge in [0.15, 0.2) is 0 Å². The minimum Gasteiger partial charge on any atom is -0.478 e. The van der Waals surface area contributed by atoms with Gasteiger partial charge in [0.05, 0.1) is 5.56 Å². The number of thiol groups is 1. The Morgan fingerprint density at radius 2 is 1.77 bits per heavy atom. The summed E-state index contributed by atoms with van der Waals surface area (Å²) in [6.45, 7) is 0. The first-order chi connectivity index (χ1) is 5.61. The second-order valence-electron chi connectivity index (χ2n) is 2.19. The Bertz CT molecular complexity index is 309. The Hall–Kier alpha value is -0.290. The summed E-state index contributed by atoms with van der Waals surface area (Å²) in [4.78, 5) is 21.1. The third-order valence-electron chi connectivity index (χ3n) is 1.36. The molecule has 0 amide bonds. The zero-order chi connectivity index (χ0) is 9.14. The molecule has 0 aliphatic carbocycles. The largest absolute Gasteiger partial charge is 0.478 e. The molecule has 0 atom stereocenters. The van der Waals surface area contributed by atoms with Crippen molar-refractivity contribution in [3.63, 3.8) is 0 Å². The molecule has 63 valence electrons. The summed E-state index contributed by atoms with van der Waals surface area (Å²) in [5, 5.41) is 8.12. The molecule has 0 aliphatic rings. The van der Waals surface area contributed by atoms with E-state index in [-0.39, 0.29) is 35.1 Å². The van der Waals surface area contributed by atoms with Crippen molar-refractivity contribution in [2.24, 2.45) is 0 Å². The molecule has 0 unspecified atom stereocenters. The van der Waals surface area contributed by atoms with Crippen molar-refractivity contribution < 1.29 is 14.7 Å². The fourth-order valence-corrected chi connectivity index (χ4v) is 0.924. The Labute approximate surface area is 103 Å². The van der Waals surface area contributed by atoms with Gasteiger partial charge in [-0.3, -0.25) is 4.79 Å². The minimum absolute atomic E-state index is 0. The van der Waals surface area contributed by atoms with Crippen molar-refractivity contribution in [1.29, 1.82) is 0 Å². The van der Waals surface area contributed by atoms with E-state index in [0.717, 1.165) is 0 Å². The number of carboxylic acid groups (broad SMARTS) is 1. The summed E-state index contributed by atoms with van der Waals surface area (Å²) in [6, 6.07) is 5.73. The monoisotopic (exact) mass is 205 g/mol. The zero-order valence-electron chi connectivity index (χ0n) is 7.02. The number of carbonyl (C=O) groups excluding carboxylic acids is 1. The Balaban J connectivity index is 0.00000144. The Morgan fingerprint density at radius 1 is 1.23 bits per heavy atom. The summed E-state index contributed by atoms with van der Waals surface area (Å²) in [5.74, 6) is -1.05. The standard InChI is InChI=1S/C8H6O3S.Na/c9-7(10)5-2-1-3-6(4-5)8(11)12;/h1-4H,(H,9,10)(H,11,12);. The van der Waals surface area contributed by atoms with Crippen molar-refractivity contribution in [3.05, 3.63) is 35.4 Å². The average Bonchev–Trinajstić information content (AvgIpc) is 2.04. The normalized spacial score (nSPS) is 8.69. The average molecular weight is 205 g/mol. The molecule has 1 N–H and O–H groups in total. The summed E-state index contributed by atoms with van der Waals surface area (Å²) >= 11 is 3.57. The fraction of sp³-hybridized carbons (Fsp3) is 0. The third kappa shape index (κ3) is 3.52. The van der Waals surface area contributed by atoms with Crippen molar-refractivity contribution in [1.82, 2.24) is 0 Å². The van der Waals surface area contributed by atoms with E-state index in [1.165, 1.54) is 24.3 Å². The van der Waals surface area contributed by atoms with Crippen LogP contribution < -0.4 is 0 Å². The molecule has 13 heavy (non-hydrogen) atoms. The van der Waals surface area contributed by atoms with Crippen molar-refractivity contribution in [2.75, 3.05) is 0 Å². The smallest absolute Gasteiger partial charge is 0.335 e. The minimum atomic E-state index is -1.05. The Kier molecular flexibility index (Phi) is 5.32. The van der Waals surface area contributed by atoms with E-state index >= 15 is 0 Å². The van der Waals surface area contributed by atoms with E-state index in [9.17, 15) is 9.59 Å². The first kappa shape index (κ1) is 12.7. The van der Waals surface area contributed by atoms with Crippen molar-refractivity contribution in [2.45, 2.75) is 0 Å². The molecule has 0 aliphatic heterocycles. The third-order valence-corrected chi connectivity index (χ3v) is 1.61. The topological polar surface area (TPSA) is 54.4 Å². The van der Waals surface area contributed by atoms with Gasteiger partial charge >= 0.3 is 5.97 Å². The quantitative estimate of drug-likeness (QED) is 0.561.